The standard InChI is InChI=1S/C21H21FN4O3/c1-14(27)20-18(19(24-29-20)15-5-7-16(22)8-6-15)21(28)26-12-10-25(11-13-26)17-4-2-3-9-23-17/h2-9,14,27H,10-13H2,1H3/t14-/m0/s1. The summed E-state index contributed by atoms with van der Waals surface area (Å²) in [4.78, 5) is 21.5. The highest BCUT2D eigenvalue weighted by atomic mass is 19.1. The number of hydrogen-bond acceptors (Lipinski definition) is 6. The number of aliphatic hydroxyl groups is 1. The predicted octanol–water partition coefficient (Wildman–Crippen LogP) is 2.89. The Morgan fingerprint density at radius 1 is 1.14 bits per heavy atom. The van der Waals surface area contributed by atoms with Crippen LogP contribution >= 0.6 is 0 Å². The molecule has 1 atom stereocenters. The summed E-state index contributed by atoms with van der Waals surface area (Å²) < 4.78 is 18.6. The second kappa shape index (κ2) is 8.00. The number of aromatic nitrogens is 2. The third kappa shape index (κ3) is 3.84. The van der Waals surface area contributed by atoms with Crippen LogP contribution in [0.1, 0.15) is 29.1 Å². The van der Waals surface area contributed by atoms with Gasteiger partial charge in [-0.1, -0.05) is 11.2 Å². The molecule has 1 N–H and O–H groups in total. The molecule has 1 aliphatic rings. The zero-order chi connectivity index (χ0) is 20.4. The van der Waals surface area contributed by atoms with Crippen LogP contribution in [0.15, 0.2) is 53.2 Å². The molecule has 0 saturated carbocycles. The Morgan fingerprint density at radius 2 is 1.86 bits per heavy atom. The minimum Gasteiger partial charge on any atom is -0.385 e. The lowest BCUT2D eigenvalue weighted by Crippen LogP contribution is -2.49. The first-order chi connectivity index (χ1) is 14.0. The second-order valence-electron chi connectivity index (χ2n) is 6.92. The van der Waals surface area contributed by atoms with Gasteiger partial charge in [-0.15, -0.1) is 0 Å². The minimum absolute atomic E-state index is 0.112. The van der Waals surface area contributed by atoms with Crippen molar-refractivity contribution >= 4 is 11.7 Å². The highest BCUT2D eigenvalue weighted by molar-refractivity contribution is 6.01. The molecule has 29 heavy (non-hydrogen) atoms. The van der Waals surface area contributed by atoms with E-state index in [1.165, 1.54) is 31.2 Å². The summed E-state index contributed by atoms with van der Waals surface area (Å²) in [6.07, 6.45) is 0.749. The fraction of sp³-hybridized carbons (Fsp3) is 0.286. The van der Waals surface area contributed by atoms with Gasteiger partial charge < -0.3 is 19.4 Å². The topological polar surface area (TPSA) is 82.7 Å². The maximum atomic E-state index is 13.3. The molecule has 150 valence electrons. The molecule has 0 unspecified atom stereocenters. The maximum Gasteiger partial charge on any atom is 0.259 e. The summed E-state index contributed by atoms with van der Waals surface area (Å²) >= 11 is 0. The fourth-order valence-corrected chi connectivity index (χ4v) is 3.44. The van der Waals surface area contributed by atoms with Gasteiger partial charge in [0.05, 0.1) is 0 Å². The van der Waals surface area contributed by atoms with Crippen LogP contribution in [0, 0.1) is 5.82 Å². The third-order valence-corrected chi connectivity index (χ3v) is 4.97. The molecule has 8 heteroatoms. The average molecular weight is 396 g/mol. The Labute approximate surface area is 167 Å². The lowest BCUT2D eigenvalue weighted by atomic mass is 10.0. The third-order valence-electron chi connectivity index (χ3n) is 4.97. The Balaban J connectivity index is 1.58. The normalized spacial score (nSPS) is 15.4. The van der Waals surface area contributed by atoms with Gasteiger partial charge in [-0.2, -0.15) is 0 Å². The molecule has 1 fully saturated rings. The molecule has 1 aromatic carbocycles. The maximum absolute atomic E-state index is 13.3. The molecule has 0 aliphatic carbocycles. The number of piperazine rings is 1. The van der Waals surface area contributed by atoms with Crippen molar-refractivity contribution in [1.82, 2.24) is 15.0 Å². The molecule has 3 aromatic rings. The van der Waals surface area contributed by atoms with Crippen molar-refractivity contribution < 1.29 is 18.8 Å². The monoisotopic (exact) mass is 396 g/mol. The molecule has 0 radical (unpaired) electrons. The van der Waals surface area contributed by atoms with Gasteiger partial charge in [0.25, 0.3) is 5.91 Å². The quantitative estimate of drug-likeness (QED) is 0.730. The number of aliphatic hydroxyl groups excluding tert-OH is 1. The first-order valence-corrected chi connectivity index (χ1v) is 9.43. The lowest BCUT2D eigenvalue weighted by Gasteiger charge is -2.35. The van der Waals surface area contributed by atoms with Gasteiger partial charge in [-0.25, -0.2) is 9.37 Å². The van der Waals surface area contributed by atoms with Gasteiger partial charge in [0.2, 0.25) is 0 Å². The molecular weight excluding hydrogens is 375 g/mol. The van der Waals surface area contributed by atoms with E-state index in [1.54, 1.807) is 11.1 Å². The predicted molar refractivity (Wildman–Crippen MR) is 105 cm³/mol. The van der Waals surface area contributed by atoms with E-state index in [2.05, 4.69) is 15.0 Å². The van der Waals surface area contributed by atoms with Crippen LogP contribution in [0.4, 0.5) is 10.2 Å². The zero-order valence-electron chi connectivity index (χ0n) is 16.0. The van der Waals surface area contributed by atoms with E-state index in [1.807, 2.05) is 18.2 Å². The SMILES string of the molecule is C[C@H](O)c1onc(-c2ccc(F)cc2)c1C(=O)N1CCN(c2ccccn2)CC1. The molecule has 2 aromatic heterocycles. The van der Waals surface area contributed by atoms with E-state index >= 15 is 0 Å². The summed E-state index contributed by atoms with van der Waals surface area (Å²) in [5, 5.41) is 14.1. The number of rotatable bonds is 4. The number of carbonyl (C=O) groups is 1. The molecule has 4 rings (SSSR count). The van der Waals surface area contributed by atoms with Crippen molar-refractivity contribution in [1.29, 1.82) is 0 Å². The van der Waals surface area contributed by atoms with E-state index in [4.69, 9.17) is 4.52 Å². The van der Waals surface area contributed by atoms with Gasteiger partial charge in [-0.3, -0.25) is 4.79 Å². The first kappa shape index (κ1) is 19.1. The number of anilines is 1. The lowest BCUT2D eigenvalue weighted by molar-refractivity contribution is 0.0735. The fourth-order valence-electron chi connectivity index (χ4n) is 3.44. The number of halogens is 1. The van der Waals surface area contributed by atoms with Gasteiger partial charge in [-0.05, 0) is 43.3 Å². The number of amides is 1. The highest BCUT2D eigenvalue weighted by Gasteiger charge is 2.31. The molecule has 0 bridgehead atoms. The van der Waals surface area contributed by atoms with Crippen LogP contribution in [0.5, 0.6) is 0 Å². The number of hydrogen-bond donors (Lipinski definition) is 1. The Morgan fingerprint density at radius 3 is 2.48 bits per heavy atom. The highest BCUT2D eigenvalue weighted by Crippen LogP contribution is 2.31. The van der Waals surface area contributed by atoms with E-state index in [0.29, 0.717) is 37.4 Å². The largest absolute Gasteiger partial charge is 0.385 e. The first-order valence-electron chi connectivity index (χ1n) is 9.43. The van der Waals surface area contributed by atoms with Crippen molar-refractivity contribution in [2.45, 2.75) is 13.0 Å². The van der Waals surface area contributed by atoms with E-state index in [9.17, 15) is 14.3 Å². The summed E-state index contributed by atoms with van der Waals surface area (Å²) in [6.45, 7) is 3.81. The van der Waals surface area contributed by atoms with Crippen molar-refractivity contribution in [3.8, 4) is 11.3 Å². The second-order valence-corrected chi connectivity index (χ2v) is 6.92. The van der Waals surface area contributed by atoms with Gasteiger partial charge in [0.1, 0.15) is 29.0 Å². The Bertz CT molecular complexity index is 981. The van der Waals surface area contributed by atoms with E-state index in [-0.39, 0.29) is 23.0 Å². The van der Waals surface area contributed by atoms with Crippen molar-refractivity contribution in [2.75, 3.05) is 31.1 Å². The van der Waals surface area contributed by atoms with Crippen molar-refractivity contribution in [3.05, 3.63) is 65.8 Å². The van der Waals surface area contributed by atoms with Gasteiger partial charge in [0.15, 0.2) is 5.76 Å². The number of nitrogens with zero attached hydrogens (tertiary/aromatic N) is 4. The minimum atomic E-state index is -0.995. The zero-order valence-corrected chi connectivity index (χ0v) is 16.0. The number of carbonyl (C=O) groups excluding carboxylic acids is 1. The van der Waals surface area contributed by atoms with Crippen molar-refractivity contribution in [2.24, 2.45) is 0 Å². The van der Waals surface area contributed by atoms with Crippen LogP contribution < -0.4 is 4.90 Å². The summed E-state index contributed by atoms with van der Waals surface area (Å²) in [5.41, 5.74) is 1.08. The van der Waals surface area contributed by atoms with Crippen LogP contribution in [0.2, 0.25) is 0 Å². The molecule has 0 spiro atoms. The summed E-state index contributed by atoms with van der Waals surface area (Å²) in [6, 6.07) is 11.4. The number of benzene rings is 1. The number of pyridine rings is 1. The summed E-state index contributed by atoms with van der Waals surface area (Å²) in [7, 11) is 0. The van der Waals surface area contributed by atoms with E-state index in [0.717, 1.165) is 5.82 Å². The van der Waals surface area contributed by atoms with Gasteiger partial charge in [0, 0.05) is 37.9 Å². The van der Waals surface area contributed by atoms with Crippen LogP contribution in [-0.2, 0) is 0 Å². The molecule has 1 saturated heterocycles. The van der Waals surface area contributed by atoms with Crippen LogP contribution in [0.25, 0.3) is 11.3 Å². The van der Waals surface area contributed by atoms with Crippen LogP contribution in [0.3, 0.4) is 0 Å². The summed E-state index contributed by atoms with van der Waals surface area (Å²) in [5.74, 6) is 0.344. The molecular formula is C21H21FN4O3. The Kier molecular flexibility index (Phi) is 5.26. The van der Waals surface area contributed by atoms with Gasteiger partial charge >= 0.3 is 0 Å². The molecule has 1 amide bonds. The van der Waals surface area contributed by atoms with Crippen molar-refractivity contribution in [3.63, 3.8) is 0 Å². The molecule has 3 heterocycles. The smallest absolute Gasteiger partial charge is 0.259 e. The average Bonchev–Trinajstić information content (AvgIpc) is 3.20. The van der Waals surface area contributed by atoms with E-state index < -0.39 is 6.10 Å². The molecule has 1 aliphatic heterocycles. The molecule has 7 nitrogen and oxygen atoms in total. The van der Waals surface area contributed by atoms with Crippen LogP contribution in [-0.4, -0.2) is 52.2 Å². The Hall–Kier alpha value is -3.26.